The second-order valence-electron chi connectivity index (χ2n) is 3.47. The molecule has 0 aliphatic heterocycles. The van der Waals surface area contributed by atoms with Gasteiger partial charge in [0.2, 0.25) is 5.91 Å². The molecular formula is C11H12N4O3. The van der Waals surface area contributed by atoms with Gasteiger partial charge < -0.3 is 10.6 Å². The van der Waals surface area contributed by atoms with Gasteiger partial charge in [-0.25, -0.2) is 0 Å². The molecule has 1 aromatic rings. The Labute approximate surface area is 104 Å². The fourth-order valence-electron chi connectivity index (χ4n) is 1.30. The van der Waals surface area contributed by atoms with Crippen LogP contribution in [0.4, 0.5) is 5.69 Å². The molecule has 0 aromatic heterocycles. The van der Waals surface area contributed by atoms with E-state index in [0.717, 1.165) is 5.56 Å². The molecule has 18 heavy (non-hydrogen) atoms. The topological polar surface area (TPSA) is 108 Å². The zero-order chi connectivity index (χ0) is 13.4. The molecule has 0 heterocycles. The Morgan fingerprint density at radius 2 is 2.28 bits per heavy atom. The number of amides is 1. The number of carbonyl (C=O) groups is 1. The number of nitro benzene ring substituents is 1. The lowest BCUT2D eigenvalue weighted by molar-refractivity contribution is -0.384. The zero-order valence-corrected chi connectivity index (χ0v) is 9.55. The van der Waals surface area contributed by atoms with Gasteiger partial charge in [0, 0.05) is 18.7 Å². The summed E-state index contributed by atoms with van der Waals surface area (Å²) in [4.78, 5) is 21.2. The number of nitriles is 1. The molecule has 7 heteroatoms. The molecule has 0 unspecified atom stereocenters. The van der Waals surface area contributed by atoms with Crippen molar-refractivity contribution in [3.8, 4) is 6.07 Å². The minimum absolute atomic E-state index is 0.0169. The van der Waals surface area contributed by atoms with E-state index < -0.39 is 4.92 Å². The summed E-state index contributed by atoms with van der Waals surface area (Å²) in [6.07, 6.45) is 0. The van der Waals surface area contributed by atoms with Crippen LogP contribution in [-0.2, 0) is 11.3 Å². The van der Waals surface area contributed by atoms with E-state index in [1.807, 2.05) is 0 Å². The van der Waals surface area contributed by atoms with Crippen LogP contribution in [0.5, 0.6) is 0 Å². The smallest absolute Gasteiger partial charge is 0.269 e. The monoisotopic (exact) mass is 248 g/mol. The molecule has 0 fully saturated rings. The Hall–Kier alpha value is -2.46. The van der Waals surface area contributed by atoms with E-state index in [9.17, 15) is 14.9 Å². The van der Waals surface area contributed by atoms with Gasteiger partial charge in [-0.3, -0.25) is 14.9 Å². The van der Waals surface area contributed by atoms with Crippen molar-refractivity contribution in [2.75, 3.05) is 13.1 Å². The van der Waals surface area contributed by atoms with E-state index in [4.69, 9.17) is 5.26 Å². The maximum absolute atomic E-state index is 11.1. The standard InChI is InChI=1S/C11H12N4O3/c12-4-5-14-11(16)8-13-7-9-2-1-3-10(6-9)15(17)18/h1-3,6,13H,5,7-8H2,(H,14,16). The van der Waals surface area contributed by atoms with E-state index in [-0.39, 0.29) is 24.7 Å². The lowest BCUT2D eigenvalue weighted by Gasteiger charge is -2.04. The molecule has 0 atom stereocenters. The van der Waals surface area contributed by atoms with Crippen molar-refractivity contribution < 1.29 is 9.72 Å². The quantitative estimate of drug-likeness (QED) is 0.428. The molecule has 1 aromatic carbocycles. The van der Waals surface area contributed by atoms with E-state index in [2.05, 4.69) is 10.6 Å². The number of non-ortho nitro benzene ring substituents is 1. The van der Waals surface area contributed by atoms with Crippen molar-refractivity contribution in [2.45, 2.75) is 6.54 Å². The Kier molecular flexibility index (Phi) is 5.28. The maximum atomic E-state index is 11.1. The maximum Gasteiger partial charge on any atom is 0.269 e. The first-order chi connectivity index (χ1) is 8.63. The van der Waals surface area contributed by atoms with Gasteiger partial charge in [0.1, 0.15) is 6.54 Å². The summed E-state index contributed by atoms with van der Waals surface area (Å²) in [5, 5.41) is 24.0. The van der Waals surface area contributed by atoms with Crippen molar-refractivity contribution in [3.05, 3.63) is 39.9 Å². The summed E-state index contributed by atoms with van der Waals surface area (Å²) in [7, 11) is 0. The Morgan fingerprint density at radius 1 is 1.50 bits per heavy atom. The number of carbonyl (C=O) groups excluding carboxylic acids is 1. The van der Waals surface area contributed by atoms with Gasteiger partial charge in [0.15, 0.2) is 0 Å². The summed E-state index contributed by atoms with van der Waals surface area (Å²) in [5.74, 6) is -0.290. The van der Waals surface area contributed by atoms with Gasteiger partial charge in [0.05, 0.1) is 17.5 Å². The molecule has 2 N–H and O–H groups in total. The first kappa shape index (κ1) is 13.6. The van der Waals surface area contributed by atoms with Crippen LogP contribution in [0, 0.1) is 21.4 Å². The minimum atomic E-state index is -0.469. The highest BCUT2D eigenvalue weighted by molar-refractivity contribution is 5.78. The fraction of sp³-hybridized carbons (Fsp3) is 0.273. The molecule has 0 aliphatic carbocycles. The van der Waals surface area contributed by atoms with Crippen LogP contribution < -0.4 is 10.6 Å². The number of nitrogens with one attached hydrogen (secondary N) is 2. The van der Waals surface area contributed by atoms with Crippen molar-refractivity contribution in [3.63, 3.8) is 0 Å². The number of nitrogens with zero attached hydrogens (tertiary/aromatic N) is 2. The predicted octanol–water partition coefficient (Wildman–Crippen LogP) is 0.324. The van der Waals surface area contributed by atoms with E-state index >= 15 is 0 Å². The molecule has 0 saturated carbocycles. The van der Waals surface area contributed by atoms with Crippen LogP contribution >= 0.6 is 0 Å². The average Bonchev–Trinajstić information content (AvgIpc) is 2.36. The molecule has 0 bridgehead atoms. The predicted molar refractivity (Wildman–Crippen MR) is 63.4 cm³/mol. The summed E-state index contributed by atoms with van der Waals surface area (Å²) < 4.78 is 0. The summed E-state index contributed by atoms with van der Waals surface area (Å²) in [6.45, 7) is 0.378. The van der Waals surface area contributed by atoms with Gasteiger partial charge in [-0.15, -0.1) is 0 Å². The van der Waals surface area contributed by atoms with Crippen LogP contribution in [-0.4, -0.2) is 23.9 Å². The average molecular weight is 248 g/mol. The second-order valence-corrected chi connectivity index (χ2v) is 3.47. The van der Waals surface area contributed by atoms with Crippen LogP contribution in [0.3, 0.4) is 0 Å². The minimum Gasteiger partial charge on any atom is -0.342 e. The van der Waals surface area contributed by atoms with Crippen molar-refractivity contribution >= 4 is 11.6 Å². The molecule has 0 saturated heterocycles. The van der Waals surface area contributed by atoms with Gasteiger partial charge >= 0.3 is 0 Å². The normalized spacial score (nSPS) is 9.50. The number of benzene rings is 1. The van der Waals surface area contributed by atoms with Crippen LogP contribution in [0.1, 0.15) is 5.56 Å². The third-order valence-electron chi connectivity index (χ3n) is 2.10. The molecular weight excluding hydrogens is 236 g/mol. The number of hydrogen-bond acceptors (Lipinski definition) is 5. The highest BCUT2D eigenvalue weighted by Gasteiger charge is 2.05. The van der Waals surface area contributed by atoms with Crippen LogP contribution in [0.15, 0.2) is 24.3 Å². The fourth-order valence-corrected chi connectivity index (χ4v) is 1.30. The van der Waals surface area contributed by atoms with Gasteiger partial charge in [-0.05, 0) is 5.56 Å². The Balaban J connectivity index is 2.40. The summed E-state index contributed by atoms with van der Waals surface area (Å²) in [6, 6.07) is 7.96. The second kappa shape index (κ2) is 6.98. The van der Waals surface area contributed by atoms with Crippen LogP contribution in [0.25, 0.3) is 0 Å². The Bertz CT molecular complexity index is 481. The third kappa shape index (κ3) is 4.59. The SMILES string of the molecule is N#CCNC(=O)CNCc1cccc([N+](=O)[O-])c1. The van der Waals surface area contributed by atoms with E-state index in [0.29, 0.717) is 6.54 Å². The first-order valence-electron chi connectivity index (χ1n) is 5.21. The number of hydrogen-bond donors (Lipinski definition) is 2. The molecule has 94 valence electrons. The third-order valence-corrected chi connectivity index (χ3v) is 2.10. The molecule has 0 aliphatic rings. The number of nitro groups is 1. The lowest BCUT2D eigenvalue weighted by atomic mass is 10.2. The zero-order valence-electron chi connectivity index (χ0n) is 9.55. The molecule has 1 rings (SSSR count). The van der Waals surface area contributed by atoms with Crippen molar-refractivity contribution in [2.24, 2.45) is 0 Å². The van der Waals surface area contributed by atoms with E-state index in [1.54, 1.807) is 18.2 Å². The largest absolute Gasteiger partial charge is 0.342 e. The molecule has 0 radical (unpaired) electrons. The summed E-state index contributed by atoms with van der Waals surface area (Å²) >= 11 is 0. The number of rotatable bonds is 6. The van der Waals surface area contributed by atoms with Gasteiger partial charge in [-0.2, -0.15) is 5.26 Å². The molecule has 1 amide bonds. The highest BCUT2D eigenvalue weighted by atomic mass is 16.6. The van der Waals surface area contributed by atoms with Crippen LogP contribution in [0.2, 0.25) is 0 Å². The van der Waals surface area contributed by atoms with Gasteiger partial charge in [-0.1, -0.05) is 12.1 Å². The highest BCUT2D eigenvalue weighted by Crippen LogP contribution is 2.12. The van der Waals surface area contributed by atoms with Crippen molar-refractivity contribution in [1.29, 1.82) is 5.26 Å². The molecule has 7 nitrogen and oxygen atoms in total. The van der Waals surface area contributed by atoms with Gasteiger partial charge in [0.25, 0.3) is 5.69 Å². The first-order valence-corrected chi connectivity index (χ1v) is 5.21. The van der Waals surface area contributed by atoms with E-state index in [1.165, 1.54) is 12.1 Å². The summed E-state index contributed by atoms with van der Waals surface area (Å²) in [5.41, 5.74) is 0.737. The molecule has 0 spiro atoms. The Morgan fingerprint density at radius 3 is 2.94 bits per heavy atom. The van der Waals surface area contributed by atoms with Crippen molar-refractivity contribution in [1.82, 2.24) is 10.6 Å². The lowest BCUT2D eigenvalue weighted by Crippen LogP contribution is -2.33.